The number of unbranched alkanes of at least 4 members (excludes halogenated alkanes) is 1. The van der Waals surface area contributed by atoms with Gasteiger partial charge in [0, 0.05) is 31.6 Å². The van der Waals surface area contributed by atoms with Crippen molar-refractivity contribution in [2.24, 2.45) is 14.1 Å². The van der Waals surface area contributed by atoms with Crippen molar-refractivity contribution in [3.63, 3.8) is 0 Å². The highest BCUT2D eigenvalue weighted by Crippen LogP contribution is 2.27. The number of pyridine rings is 2. The third kappa shape index (κ3) is 2.87. The van der Waals surface area contributed by atoms with Crippen molar-refractivity contribution in [3.8, 4) is 0 Å². The number of nitrogens with zero attached hydrogens (tertiary/aromatic N) is 2. The van der Waals surface area contributed by atoms with E-state index in [1.54, 1.807) is 13.1 Å². The van der Waals surface area contributed by atoms with Crippen LogP contribution in [0.5, 0.6) is 0 Å². The second kappa shape index (κ2) is 6.95. The van der Waals surface area contributed by atoms with E-state index in [1.807, 2.05) is 6.92 Å². The average Bonchev–Trinajstić information content (AvgIpc) is 2.64. The summed E-state index contributed by atoms with van der Waals surface area (Å²) in [6.45, 7) is 2.00. The van der Waals surface area contributed by atoms with Gasteiger partial charge >= 0.3 is 11.9 Å². The van der Waals surface area contributed by atoms with Crippen molar-refractivity contribution in [2.45, 2.75) is 26.2 Å². The molecule has 0 spiro atoms. The first-order valence-corrected chi connectivity index (χ1v) is 8.85. The number of fused-ring (bicyclic) bond motifs is 3. The number of carboxylic acids is 2. The van der Waals surface area contributed by atoms with Gasteiger partial charge in [0.1, 0.15) is 11.4 Å². The molecule has 0 aliphatic carbocycles. The zero-order chi connectivity index (χ0) is 20.7. The van der Waals surface area contributed by atoms with Gasteiger partial charge in [-0.1, -0.05) is 13.3 Å². The minimum atomic E-state index is -1.29. The van der Waals surface area contributed by atoms with Crippen LogP contribution in [0.15, 0.2) is 27.8 Å². The summed E-state index contributed by atoms with van der Waals surface area (Å²) in [6.07, 6.45) is 2.23. The van der Waals surface area contributed by atoms with Crippen LogP contribution in [0.3, 0.4) is 0 Å². The Bertz CT molecular complexity index is 1270. The standard InChI is InChI=1S/C20H20N2O6/c1-4-5-6-10-7-11-14(23)8-12(19(25)26)22(3)18(11)16-15(24)9-13(20(27)28)21(2)17(10)16/h7-9H,4-6H2,1-3H3,(H,25,26)(H,27,28). The molecule has 28 heavy (non-hydrogen) atoms. The topological polar surface area (TPSA) is 119 Å². The highest BCUT2D eigenvalue weighted by Gasteiger charge is 2.21. The number of aromatic carboxylic acids is 2. The van der Waals surface area contributed by atoms with Crippen LogP contribution in [0.2, 0.25) is 0 Å². The maximum absolute atomic E-state index is 12.9. The van der Waals surface area contributed by atoms with Crippen molar-refractivity contribution in [1.82, 2.24) is 9.13 Å². The molecule has 0 saturated carbocycles. The van der Waals surface area contributed by atoms with E-state index in [0.29, 0.717) is 17.5 Å². The highest BCUT2D eigenvalue weighted by atomic mass is 16.4. The summed E-state index contributed by atoms with van der Waals surface area (Å²) in [4.78, 5) is 48.6. The molecule has 0 amide bonds. The normalized spacial score (nSPS) is 11.2. The summed E-state index contributed by atoms with van der Waals surface area (Å²) in [5, 5.41) is 19.3. The van der Waals surface area contributed by atoms with Crippen LogP contribution in [0.25, 0.3) is 21.8 Å². The lowest BCUT2D eigenvalue weighted by Crippen LogP contribution is -2.21. The second-order valence-corrected chi connectivity index (χ2v) is 6.78. The monoisotopic (exact) mass is 384 g/mol. The lowest BCUT2D eigenvalue weighted by molar-refractivity contribution is 0.0675. The smallest absolute Gasteiger partial charge is 0.352 e. The van der Waals surface area contributed by atoms with E-state index >= 15 is 0 Å². The molecule has 8 nitrogen and oxygen atoms in total. The number of carbonyl (C=O) groups is 2. The number of hydrogen-bond acceptors (Lipinski definition) is 4. The van der Waals surface area contributed by atoms with Gasteiger partial charge in [0.15, 0.2) is 10.9 Å². The van der Waals surface area contributed by atoms with Crippen molar-refractivity contribution in [1.29, 1.82) is 0 Å². The molecule has 3 rings (SSSR count). The molecule has 0 aliphatic heterocycles. The number of hydrogen-bond donors (Lipinski definition) is 2. The average molecular weight is 384 g/mol. The fraction of sp³-hybridized carbons (Fsp3) is 0.300. The Labute approximate surface area is 159 Å². The largest absolute Gasteiger partial charge is 0.477 e. The van der Waals surface area contributed by atoms with Gasteiger partial charge in [0.05, 0.1) is 16.4 Å². The van der Waals surface area contributed by atoms with Gasteiger partial charge in [-0.25, -0.2) is 9.59 Å². The second-order valence-electron chi connectivity index (χ2n) is 6.78. The SMILES string of the molecule is CCCCc1cc2c(=O)cc(C(=O)O)n(C)c2c2c(=O)cc(C(=O)O)n(C)c12. The molecule has 0 saturated heterocycles. The van der Waals surface area contributed by atoms with E-state index in [-0.39, 0.29) is 27.7 Å². The Kier molecular flexibility index (Phi) is 4.80. The Morgan fingerprint density at radius 3 is 1.96 bits per heavy atom. The maximum Gasteiger partial charge on any atom is 0.352 e. The first-order valence-electron chi connectivity index (χ1n) is 8.85. The van der Waals surface area contributed by atoms with Gasteiger partial charge in [-0.2, -0.15) is 0 Å². The predicted molar refractivity (Wildman–Crippen MR) is 104 cm³/mol. The fourth-order valence-electron chi connectivity index (χ4n) is 3.67. The van der Waals surface area contributed by atoms with Crippen molar-refractivity contribution in [3.05, 3.63) is 55.6 Å². The number of aromatic nitrogens is 2. The van der Waals surface area contributed by atoms with Crippen molar-refractivity contribution < 1.29 is 19.8 Å². The molecule has 3 aromatic rings. The Morgan fingerprint density at radius 1 is 0.893 bits per heavy atom. The van der Waals surface area contributed by atoms with E-state index in [1.165, 1.54) is 16.2 Å². The first kappa shape index (κ1) is 19.3. The minimum absolute atomic E-state index is 0.152. The molecule has 1 aromatic carbocycles. The third-order valence-corrected chi connectivity index (χ3v) is 5.03. The maximum atomic E-state index is 12.9. The highest BCUT2D eigenvalue weighted by molar-refractivity contribution is 6.08. The summed E-state index contributed by atoms with van der Waals surface area (Å²) in [6, 6.07) is 3.69. The minimum Gasteiger partial charge on any atom is -0.477 e. The van der Waals surface area contributed by atoms with Gasteiger partial charge in [-0.05, 0) is 24.5 Å². The zero-order valence-corrected chi connectivity index (χ0v) is 15.8. The van der Waals surface area contributed by atoms with Crippen LogP contribution >= 0.6 is 0 Å². The fourth-order valence-corrected chi connectivity index (χ4v) is 3.67. The Hall–Kier alpha value is -3.42. The molecule has 0 fully saturated rings. The molecule has 0 radical (unpaired) electrons. The molecule has 0 unspecified atom stereocenters. The van der Waals surface area contributed by atoms with Crippen LogP contribution in [0, 0.1) is 0 Å². The van der Waals surface area contributed by atoms with E-state index in [0.717, 1.165) is 25.0 Å². The number of carboxylic acid groups (broad SMARTS) is 2. The van der Waals surface area contributed by atoms with E-state index in [2.05, 4.69) is 0 Å². The zero-order valence-electron chi connectivity index (χ0n) is 15.8. The van der Waals surface area contributed by atoms with Gasteiger partial charge in [0.25, 0.3) is 0 Å². The molecule has 8 heteroatoms. The van der Waals surface area contributed by atoms with Crippen LogP contribution in [0.4, 0.5) is 0 Å². The van der Waals surface area contributed by atoms with E-state index in [9.17, 15) is 29.4 Å². The van der Waals surface area contributed by atoms with Gasteiger partial charge < -0.3 is 19.3 Å². The van der Waals surface area contributed by atoms with Crippen molar-refractivity contribution in [2.75, 3.05) is 0 Å². The van der Waals surface area contributed by atoms with Crippen LogP contribution in [-0.4, -0.2) is 31.3 Å². The molecular weight excluding hydrogens is 364 g/mol. The molecule has 2 heterocycles. The Morgan fingerprint density at radius 2 is 1.43 bits per heavy atom. The van der Waals surface area contributed by atoms with Gasteiger partial charge in [0.2, 0.25) is 0 Å². The van der Waals surface area contributed by atoms with Crippen molar-refractivity contribution >= 4 is 33.7 Å². The van der Waals surface area contributed by atoms with Gasteiger partial charge in [-0.15, -0.1) is 0 Å². The van der Waals surface area contributed by atoms with Crippen LogP contribution < -0.4 is 10.9 Å². The van der Waals surface area contributed by atoms with Gasteiger partial charge in [-0.3, -0.25) is 9.59 Å². The molecule has 2 aromatic heterocycles. The summed E-state index contributed by atoms with van der Waals surface area (Å²) >= 11 is 0. The summed E-state index contributed by atoms with van der Waals surface area (Å²) in [7, 11) is 3.02. The Balaban J connectivity index is 2.67. The molecule has 0 aliphatic rings. The third-order valence-electron chi connectivity index (χ3n) is 5.03. The molecule has 2 N–H and O–H groups in total. The van der Waals surface area contributed by atoms with Crippen LogP contribution in [-0.2, 0) is 20.5 Å². The molecule has 0 bridgehead atoms. The van der Waals surface area contributed by atoms with Crippen LogP contribution in [0.1, 0.15) is 46.3 Å². The summed E-state index contributed by atoms with van der Waals surface area (Å²) in [5.41, 5.74) is -0.187. The molecule has 146 valence electrons. The van der Waals surface area contributed by atoms with E-state index < -0.39 is 22.8 Å². The predicted octanol–water partition coefficient (Wildman–Crippen LogP) is 2.13. The number of benzene rings is 1. The molecule has 0 atom stereocenters. The lowest BCUT2D eigenvalue weighted by Gasteiger charge is -2.18. The number of aryl methyl sites for hydroxylation is 3. The summed E-state index contributed by atoms with van der Waals surface area (Å²) in [5.74, 6) is -2.53. The quantitative estimate of drug-likeness (QED) is 0.651. The number of rotatable bonds is 5. The first-order chi connectivity index (χ1) is 13.2. The van der Waals surface area contributed by atoms with E-state index in [4.69, 9.17) is 0 Å². The lowest BCUT2D eigenvalue weighted by atomic mass is 9.98. The molecular formula is C20H20N2O6. The summed E-state index contributed by atoms with van der Waals surface area (Å²) < 4.78 is 2.72.